The van der Waals surface area contributed by atoms with Crippen molar-refractivity contribution < 1.29 is 13.7 Å². The molecule has 29 heavy (non-hydrogen) atoms. The van der Waals surface area contributed by atoms with Gasteiger partial charge in [-0.1, -0.05) is 16.8 Å². The molecule has 0 fully saturated rings. The molecule has 1 amide bonds. The SMILES string of the molecule is Cc1nc(-c2ccc(-n3cc(C(=O)Nc4ccc(Cl)cc4F)c(C)n3)cc2)no1. The van der Waals surface area contributed by atoms with Gasteiger partial charge in [0.25, 0.3) is 5.91 Å². The summed E-state index contributed by atoms with van der Waals surface area (Å²) in [6.45, 7) is 3.43. The first-order valence-electron chi connectivity index (χ1n) is 8.64. The van der Waals surface area contributed by atoms with Crippen LogP contribution in [0.25, 0.3) is 17.1 Å². The number of benzene rings is 2. The Bertz CT molecular complexity index is 1200. The fourth-order valence-electron chi connectivity index (χ4n) is 2.78. The van der Waals surface area contributed by atoms with Crippen molar-refractivity contribution in [2.24, 2.45) is 0 Å². The molecule has 0 radical (unpaired) electrons. The predicted molar refractivity (Wildman–Crippen MR) is 106 cm³/mol. The van der Waals surface area contributed by atoms with Crippen LogP contribution in [-0.4, -0.2) is 25.8 Å². The van der Waals surface area contributed by atoms with Crippen LogP contribution in [0.5, 0.6) is 0 Å². The zero-order valence-electron chi connectivity index (χ0n) is 15.5. The van der Waals surface area contributed by atoms with Crippen LogP contribution in [0.3, 0.4) is 0 Å². The molecule has 0 saturated carbocycles. The number of halogens is 2. The minimum atomic E-state index is -0.608. The van der Waals surface area contributed by atoms with Gasteiger partial charge in [-0.05, 0) is 49.4 Å². The first-order chi connectivity index (χ1) is 13.9. The van der Waals surface area contributed by atoms with Crippen LogP contribution < -0.4 is 5.32 Å². The average Bonchev–Trinajstić information content (AvgIpc) is 3.30. The molecule has 2 aromatic carbocycles. The molecule has 0 atom stereocenters. The van der Waals surface area contributed by atoms with Gasteiger partial charge in [0.2, 0.25) is 11.7 Å². The normalized spacial score (nSPS) is 10.9. The minimum absolute atomic E-state index is 0.0475. The quantitative estimate of drug-likeness (QED) is 0.531. The van der Waals surface area contributed by atoms with Crippen molar-refractivity contribution in [3.8, 4) is 17.1 Å². The van der Waals surface area contributed by atoms with Gasteiger partial charge in [-0.3, -0.25) is 4.79 Å². The highest BCUT2D eigenvalue weighted by Crippen LogP contribution is 2.22. The molecular weight excluding hydrogens is 397 g/mol. The number of nitrogens with one attached hydrogen (secondary N) is 1. The van der Waals surface area contributed by atoms with Crippen molar-refractivity contribution in [2.45, 2.75) is 13.8 Å². The second kappa shape index (κ2) is 7.48. The molecule has 0 aliphatic rings. The number of anilines is 1. The molecule has 9 heteroatoms. The van der Waals surface area contributed by atoms with E-state index < -0.39 is 11.7 Å². The molecule has 0 spiro atoms. The Morgan fingerprint density at radius 1 is 1.17 bits per heavy atom. The highest BCUT2D eigenvalue weighted by molar-refractivity contribution is 6.30. The maximum absolute atomic E-state index is 13.9. The smallest absolute Gasteiger partial charge is 0.259 e. The Labute approximate surface area is 170 Å². The summed E-state index contributed by atoms with van der Waals surface area (Å²) in [5, 5.41) is 11.1. The van der Waals surface area contributed by atoms with E-state index in [4.69, 9.17) is 16.1 Å². The Kier molecular flexibility index (Phi) is 4.85. The summed E-state index contributed by atoms with van der Waals surface area (Å²) in [4.78, 5) is 16.8. The molecule has 0 aliphatic heterocycles. The Hall–Kier alpha value is -3.52. The summed E-state index contributed by atoms with van der Waals surface area (Å²) in [5.74, 6) is -0.0904. The fraction of sp³-hybridized carbons (Fsp3) is 0.100. The summed E-state index contributed by atoms with van der Waals surface area (Å²) in [7, 11) is 0. The zero-order chi connectivity index (χ0) is 20.5. The van der Waals surface area contributed by atoms with Crippen molar-refractivity contribution in [1.29, 1.82) is 0 Å². The van der Waals surface area contributed by atoms with E-state index in [2.05, 4.69) is 20.6 Å². The molecule has 4 rings (SSSR count). The number of carbonyl (C=O) groups excluding carboxylic acids is 1. The minimum Gasteiger partial charge on any atom is -0.339 e. The summed E-state index contributed by atoms with van der Waals surface area (Å²) >= 11 is 5.74. The van der Waals surface area contributed by atoms with Crippen molar-refractivity contribution in [2.75, 3.05) is 5.32 Å². The molecule has 0 unspecified atom stereocenters. The standard InChI is InChI=1S/C20H15ClFN5O2/c1-11-16(20(28)24-18-8-5-14(21)9-17(18)22)10-27(25-11)15-6-3-13(4-7-15)19-23-12(2)29-26-19/h3-10H,1-2H3,(H,24,28). The molecule has 146 valence electrons. The Morgan fingerprint density at radius 3 is 2.59 bits per heavy atom. The Morgan fingerprint density at radius 2 is 1.93 bits per heavy atom. The molecule has 4 aromatic rings. The van der Waals surface area contributed by atoms with Gasteiger partial charge >= 0.3 is 0 Å². The third-order valence-corrected chi connectivity index (χ3v) is 4.48. The highest BCUT2D eigenvalue weighted by Gasteiger charge is 2.16. The third-order valence-electron chi connectivity index (χ3n) is 4.24. The van der Waals surface area contributed by atoms with E-state index in [9.17, 15) is 9.18 Å². The van der Waals surface area contributed by atoms with Gasteiger partial charge in [-0.2, -0.15) is 10.1 Å². The van der Waals surface area contributed by atoms with Crippen molar-refractivity contribution in [3.63, 3.8) is 0 Å². The lowest BCUT2D eigenvalue weighted by Crippen LogP contribution is -2.13. The van der Waals surface area contributed by atoms with Crippen LogP contribution >= 0.6 is 11.6 Å². The van der Waals surface area contributed by atoms with Gasteiger partial charge in [-0.25, -0.2) is 9.07 Å². The van der Waals surface area contributed by atoms with Crippen LogP contribution in [0.2, 0.25) is 5.02 Å². The van der Waals surface area contributed by atoms with Crippen molar-refractivity contribution in [3.05, 3.63) is 76.6 Å². The van der Waals surface area contributed by atoms with Crippen LogP contribution in [0.15, 0.2) is 53.2 Å². The van der Waals surface area contributed by atoms with E-state index in [0.29, 0.717) is 23.0 Å². The third kappa shape index (κ3) is 3.88. The molecule has 2 aromatic heterocycles. The van der Waals surface area contributed by atoms with Crippen molar-refractivity contribution >= 4 is 23.2 Å². The number of aryl methyl sites for hydroxylation is 2. The van der Waals surface area contributed by atoms with E-state index in [-0.39, 0.29) is 10.7 Å². The Balaban J connectivity index is 1.56. The van der Waals surface area contributed by atoms with E-state index in [1.807, 2.05) is 24.3 Å². The fourth-order valence-corrected chi connectivity index (χ4v) is 2.93. The maximum atomic E-state index is 13.9. The lowest BCUT2D eigenvalue weighted by Gasteiger charge is -2.05. The molecule has 0 saturated heterocycles. The van der Waals surface area contributed by atoms with Gasteiger partial charge in [-0.15, -0.1) is 0 Å². The number of rotatable bonds is 4. The maximum Gasteiger partial charge on any atom is 0.259 e. The molecule has 2 heterocycles. The summed E-state index contributed by atoms with van der Waals surface area (Å²) in [6, 6.07) is 11.4. The van der Waals surface area contributed by atoms with Crippen LogP contribution in [-0.2, 0) is 0 Å². The summed E-state index contributed by atoms with van der Waals surface area (Å²) in [5.41, 5.74) is 2.43. The largest absolute Gasteiger partial charge is 0.339 e. The second-order valence-electron chi connectivity index (χ2n) is 6.33. The lowest BCUT2D eigenvalue weighted by molar-refractivity contribution is 0.102. The first-order valence-corrected chi connectivity index (χ1v) is 9.02. The van der Waals surface area contributed by atoms with Gasteiger partial charge in [0.1, 0.15) is 5.82 Å². The molecule has 0 aliphatic carbocycles. The van der Waals surface area contributed by atoms with E-state index >= 15 is 0 Å². The monoisotopic (exact) mass is 411 g/mol. The zero-order valence-corrected chi connectivity index (χ0v) is 16.2. The van der Waals surface area contributed by atoms with Crippen molar-refractivity contribution in [1.82, 2.24) is 19.9 Å². The predicted octanol–water partition coefficient (Wildman–Crippen LogP) is 4.58. The van der Waals surface area contributed by atoms with Crippen LogP contribution in [0, 0.1) is 19.7 Å². The van der Waals surface area contributed by atoms with E-state index in [1.165, 1.54) is 12.1 Å². The van der Waals surface area contributed by atoms with Gasteiger partial charge in [0.05, 0.1) is 22.6 Å². The highest BCUT2D eigenvalue weighted by atomic mass is 35.5. The lowest BCUT2D eigenvalue weighted by atomic mass is 10.2. The number of carbonyl (C=O) groups is 1. The molecular formula is C20H15ClFN5O2. The van der Waals surface area contributed by atoms with Crippen LogP contribution in [0.4, 0.5) is 10.1 Å². The van der Waals surface area contributed by atoms with Gasteiger partial charge < -0.3 is 9.84 Å². The number of nitrogens with zero attached hydrogens (tertiary/aromatic N) is 4. The number of amides is 1. The second-order valence-corrected chi connectivity index (χ2v) is 6.77. The number of aromatic nitrogens is 4. The number of hydrogen-bond donors (Lipinski definition) is 1. The van der Waals surface area contributed by atoms with Gasteiger partial charge in [0, 0.05) is 23.7 Å². The summed E-state index contributed by atoms with van der Waals surface area (Å²) < 4.78 is 20.5. The summed E-state index contributed by atoms with van der Waals surface area (Å²) in [6.07, 6.45) is 1.59. The average molecular weight is 412 g/mol. The van der Waals surface area contributed by atoms with E-state index in [0.717, 1.165) is 17.3 Å². The molecule has 0 bridgehead atoms. The van der Waals surface area contributed by atoms with Crippen LogP contribution in [0.1, 0.15) is 21.9 Å². The molecule has 7 nitrogen and oxygen atoms in total. The first kappa shape index (κ1) is 18.8. The van der Waals surface area contributed by atoms with Gasteiger partial charge in [0.15, 0.2) is 0 Å². The topological polar surface area (TPSA) is 85.8 Å². The molecule has 1 N–H and O–H groups in total. The van der Waals surface area contributed by atoms with E-state index in [1.54, 1.807) is 24.7 Å². The number of hydrogen-bond acceptors (Lipinski definition) is 5.